The number of rotatable bonds is 3. The van der Waals surface area contributed by atoms with Crippen molar-refractivity contribution in [3.05, 3.63) is 16.1 Å². The Labute approximate surface area is 141 Å². The first-order valence-electron chi connectivity index (χ1n) is 8.21. The van der Waals surface area contributed by atoms with E-state index in [-0.39, 0.29) is 17.7 Å². The number of hydrogen-bond acceptors (Lipinski definition) is 5. The molecule has 2 aliphatic rings. The van der Waals surface area contributed by atoms with E-state index in [0.29, 0.717) is 0 Å². The predicted molar refractivity (Wildman–Crippen MR) is 90.7 cm³/mol. The van der Waals surface area contributed by atoms with Gasteiger partial charge in [0.15, 0.2) is 0 Å². The molecule has 3 rings (SSSR count). The molecule has 2 fully saturated rings. The van der Waals surface area contributed by atoms with Crippen molar-refractivity contribution in [3.63, 3.8) is 0 Å². The number of ether oxygens (including phenoxy) is 1. The van der Waals surface area contributed by atoms with Crippen molar-refractivity contribution in [2.24, 2.45) is 0 Å². The zero-order valence-corrected chi connectivity index (χ0v) is 15.0. The van der Waals surface area contributed by atoms with E-state index in [4.69, 9.17) is 4.74 Å². The molecule has 128 valence electrons. The zero-order chi connectivity index (χ0) is 16.4. The number of nitrogens with zero attached hydrogens (tertiary/aromatic N) is 3. The van der Waals surface area contributed by atoms with Gasteiger partial charge < -0.3 is 15.0 Å². The molecular formula is C16H26N4O2S. The number of amides is 2. The lowest BCUT2D eigenvalue weighted by molar-refractivity contribution is -0.0792. The van der Waals surface area contributed by atoms with Crippen molar-refractivity contribution in [2.75, 3.05) is 33.8 Å². The van der Waals surface area contributed by atoms with E-state index in [1.807, 2.05) is 6.92 Å². The second kappa shape index (κ2) is 6.75. The number of hydrogen-bond donors (Lipinski definition) is 1. The smallest absolute Gasteiger partial charge is 0.317 e. The number of nitrogens with one attached hydrogen (secondary N) is 1. The van der Waals surface area contributed by atoms with Gasteiger partial charge >= 0.3 is 6.03 Å². The number of thiazole rings is 1. The SMILES string of the molecule is Cc1csc(CN2CC[C@@]3(C[C@H](NC(=O)N(C)C)CCO3)C2)n1. The van der Waals surface area contributed by atoms with Gasteiger partial charge in [-0.25, -0.2) is 9.78 Å². The van der Waals surface area contributed by atoms with Gasteiger partial charge in [0.25, 0.3) is 0 Å². The van der Waals surface area contributed by atoms with Crippen LogP contribution in [0.1, 0.15) is 30.0 Å². The molecular weight excluding hydrogens is 312 g/mol. The normalized spacial score (nSPS) is 28.2. The van der Waals surface area contributed by atoms with E-state index in [0.717, 1.165) is 51.2 Å². The molecule has 2 aliphatic heterocycles. The van der Waals surface area contributed by atoms with E-state index >= 15 is 0 Å². The molecule has 0 aliphatic carbocycles. The van der Waals surface area contributed by atoms with Crippen LogP contribution in [0.15, 0.2) is 5.38 Å². The Balaban J connectivity index is 1.56. The third-order valence-corrected chi connectivity index (χ3v) is 5.60. The highest BCUT2D eigenvalue weighted by Gasteiger charge is 2.43. The van der Waals surface area contributed by atoms with Gasteiger partial charge in [-0.2, -0.15) is 0 Å². The van der Waals surface area contributed by atoms with Crippen molar-refractivity contribution in [2.45, 2.75) is 44.4 Å². The Morgan fingerprint density at radius 3 is 3.13 bits per heavy atom. The first-order valence-corrected chi connectivity index (χ1v) is 9.09. The summed E-state index contributed by atoms with van der Waals surface area (Å²) in [6.45, 7) is 5.63. The molecule has 1 aromatic rings. The molecule has 0 bridgehead atoms. The second-order valence-electron chi connectivity index (χ2n) is 6.91. The highest BCUT2D eigenvalue weighted by Crippen LogP contribution is 2.35. The fourth-order valence-electron chi connectivity index (χ4n) is 3.47. The van der Waals surface area contributed by atoms with E-state index in [9.17, 15) is 4.79 Å². The Hall–Kier alpha value is -1.18. The van der Waals surface area contributed by atoms with E-state index in [1.54, 1.807) is 30.3 Å². The third kappa shape index (κ3) is 4.02. The van der Waals surface area contributed by atoms with Crippen LogP contribution in [0.5, 0.6) is 0 Å². The minimum absolute atomic E-state index is 0.0137. The van der Waals surface area contributed by atoms with Gasteiger partial charge in [-0.3, -0.25) is 4.90 Å². The van der Waals surface area contributed by atoms with E-state index in [2.05, 4.69) is 20.6 Å². The third-order valence-electron chi connectivity index (χ3n) is 4.65. The molecule has 1 aromatic heterocycles. The standard InChI is InChI=1S/C16H26N4O2S/c1-12-10-23-14(17-12)9-20-6-5-16(11-20)8-13(4-7-22-16)18-15(21)19(2)3/h10,13H,4-9,11H2,1-3H3,(H,18,21)/t13-,16-/m1/s1. The molecule has 2 atom stereocenters. The Morgan fingerprint density at radius 1 is 1.61 bits per heavy atom. The Morgan fingerprint density at radius 2 is 2.43 bits per heavy atom. The summed E-state index contributed by atoms with van der Waals surface area (Å²) >= 11 is 1.73. The van der Waals surface area contributed by atoms with Crippen LogP contribution < -0.4 is 5.32 Å². The number of aryl methyl sites for hydroxylation is 1. The lowest BCUT2D eigenvalue weighted by atomic mass is 9.89. The highest BCUT2D eigenvalue weighted by atomic mass is 32.1. The van der Waals surface area contributed by atoms with Gasteiger partial charge in [0.1, 0.15) is 5.01 Å². The molecule has 0 radical (unpaired) electrons. The van der Waals surface area contributed by atoms with Crippen molar-refractivity contribution in [1.82, 2.24) is 20.1 Å². The minimum atomic E-state index is -0.102. The van der Waals surface area contributed by atoms with E-state index in [1.165, 1.54) is 5.01 Å². The molecule has 2 saturated heterocycles. The number of likely N-dealkylation sites (tertiary alicyclic amines) is 1. The van der Waals surface area contributed by atoms with Crippen LogP contribution in [0, 0.1) is 6.92 Å². The molecule has 3 heterocycles. The summed E-state index contributed by atoms with van der Waals surface area (Å²) in [4.78, 5) is 20.5. The van der Waals surface area contributed by atoms with Crippen LogP contribution in [0.3, 0.4) is 0 Å². The lowest BCUT2D eigenvalue weighted by Crippen LogP contribution is -2.51. The quantitative estimate of drug-likeness (QED) is 0.914. The summed E-state index contributed by atoms with van der Waals surface area (Å²) in [5, 5.41) is 6.39. The Bertz CT molecular complexity index is 562. The van der Waals surface area contributed by atoms with Crippen LogP contribution in [-0.2, 0) is 11.3 Å². The molecule has 1 N–H and O–H groups in total. The number of urea groups is 1. The molecule has 1 spiro atoms. The Kier molecular flexibility index (Phi) is 4.89. The van der Waals surface area contributed by atoms with Crippen molar-refractivity contribution < 1.29 is 9.53 Å². The largest absolute Gasteiger partial charge is 0.373 e. The number of carbonyl (C=O) groups excluding carboxylic acids is 1. The van der Waals surface area contributed by atoms with Gasteiger partial charge in [-0.1, -0.05) is 0 Å². The summed E-state index contributed by atoms with van der Waals surface area (Å²) < 4.78 is 6.15. The molecule has 0 aromatic carbocycles. The first-order chi connectivity index (χ1) is 11.0. The van der Waals surface area contributed by atoms with Crippen molar-refractivity contribution in [3.8, 4) is 0 Å². The second-order valence-corrected chi connectivity index (χ2v) is 7.85. The molecule has 23 heavy (non-hydrogen) atoms. The molecule has 2 amide bonds. The maximum Gasteiger partial charge on any atom is 0.317 e. The zero-order valence-electron chi connectivity index (χ0n) is 14.2. The number of aromatic nitrogens is 1. The summed E-state index contributed by atoms with van der Waals surface area (Å²) in [5.41, 5.74) is 0.994. The highest BCUT2D eigenvalue weighted by molar-refractivity contribution is 7.09. The molecule has 7 heteroatoms. The fraction of sp³-hybridized carbons (Fsp3) is 0.750. The van der Waals surface area contributed by atoms with E-state index < -0.39 is 0 Å². The van der Waals surface area contributed by atoms with Crippen LogP contribution in [-0.4, -0.2) is 66.2 Å². The van der Waals surface area contributed by atoms with Gasteiger partial charge in [0.2, 0.25) is 0 Å². The monoisotopic (exact) mass is 338 g/mol. The molecule has 0 saturated carbocycles. The lowest BCUT2D eigenvalue weighted by Gasteiger charge is -2.38. The minimum Gasteiger partial charge on any atom is -0.373 e. The molecule has 6 nitrogen and oxygen atoms in total. The first kappa shape index (κ1) is 16.7. The van der Waals surface area contributed by atoms with Crippen molar-refractivity contribution in [1.29, 1.82) is 0 Å². The average Bonchev–Trinajstić information content (AvgIpc) is 3.06. The fourth-order valence-corrected chi connectivity index (χ4v) is 4.28. The average molecular weight is 338 g/mol. The van der Waals surface area contributed by atoms with Crippen LogP contribution in [0.25, 0.3) is 0 Å². The summed E-state index contributed by atoms with van der Waals surface area (Å²) in [6.07, 6.45) is 2.83. The van der Waals surface area contributed by atoms with Gasteiger partial charge in [-0.15, -0.1) is 11.3 Å². The summed E-state index contributed by atoms with van der Waals surface area (Å²) in [7, 11) is 3.55. The summed E-state index contributed by atoms with van der Waals surface area (Å²) in [5.74, 6) is 0. The van der Waals surface area contributed by atoms with Crippen molar-refractivity contribution >= 4 is 17.4 Å². The van der Waals surface area contributed by atoms with Crippen LogP contribution in [0.4, 0.5) is 4.79 Å². The predicted octanol–water partition coefficient (Wildman–Crippen LogP) is 1.85. The van der Waals surface area contributed by atoms with Crippen LogP contribution >= 0.6 is 11.3 Å². The van der Waals surface area contributed by atoms with Crippen LogP contribution in [0.2, 0.25) is 0 Å². The van der Waals surface area contributed by atoms with Gasteiger partial charge in [-0.05, 0) is 26.2 Å². The van der Waals surface area contributed by atoms with Gasteiger partial charge in [0, 0.05) is 50.9 Å². The number of carbonyl (C=O) groups is 1. The van der Waals surface area contributed by atoms with Gasteiger partial charge in [0.05, 0.1) is 12.1 Å². The maximum atomic E-state index is 11.9. The summed E-state index contributed by atoms with van der Waals surface area (Å²) in [6, 6.07) is 0.195. The maximum absolute atomic E-state index is 11.9. The topological polar surface area (TPSA) is 57.7 Å². The molecule has 0 unspecified atom stereocenters.